The molecule has 0 aromatic rings. The van der Waals surface area contributed by atoms with Gasteiger partial charge < -0.3 is 50.1 Å². The number of hydrogen-bond donors (Lipinski definition) is 5. The SMILES string of the molecule is C=CCOP(=O)(OCCNC(=O)CC(=O)O)OC[C@@H](COCC[C@@H](CCCCCCC)OC(=O)CCCCCCCCCCC)NC(=O)CCCCCCCCCCCCC.C=CCOP(=O)(OCCNC(=O)CC(=O)OC(C)(C)C)OC[C@@H](COCC[C@@H](CCCCCCC)OC(=O)CCCCCCCCCCC)NC(=O)CCCCCCCCCCCCC. The Kier molecular flexibility index (Phi) is 87.8. The standard InChI is InChI=1S/C51H97N2O11P.C47H89N2O11P/c1-8-12-15-18-20-22-23-25-26-29-32-35-47(54)53-45(44-62-65(58,60-39-11-4)61-41-38-52-48(55)42-50(57)64-51(5,6)7)43-59-40-37-46(34-31-28-17-14-10-3)63-49(56)36-33-30-27-24-21-19-16-13-9-2;1-5-9-12-15-17-19-20-22-23-26-29-32-44(50)49-42(41-59-61(55,57-36-8-4)58-38-35-48-45(51)39-46(52)53)40-56-37-34-43(31-28-25-14-11-7-3)60-47(54)33-30-27-24-21-18-16-13-10-6-2/h11,45-46H,4,8-10,12-44H2,1-3,5-7H3,(H,52,55)(H,53,54);8,42-43H,4-7,9-41H2,1-3H3,(H,48,51)(H,49,50)(H,52,53)/t45-,46-,65?;42-,43-,61?/m11/s1. The van der Waals surface area contributed by atoms with E-state index in [4.69, 9.17) is 55.9 Å². The number of rotatable bonds is 94. The average Bonchev–Trinajstić information content (AvgIpc) is 0.886. The van der Waals surface area contributed by atoms with Gasteiger partial charge in [-0.1, -0.05) is 336 Å². The van der Waals surface area contributed by atoms with Crippen LogP contribution in [-0.2, 0) is 98.3 Å². The quantitative estimate of drug-likeness (QED) is 0.00943. The van der Waals surface area contributed by atoms with E-state index in [2.05, 4.69) is 76.0 Å². The van der Waals surface area contributed by atoms with Gasteiger partial charge in [0.1, 0.15) is 30.7 Å². The summed E-state index contributed by atoms with van der Waals surface area (Å²) in [5.41, 5.74) is -0.723. The van der Waals surface area contributed by atoms with Crippen molar-refractivity contribution in [2.75, 3.05) is 79.2 Å². The molecule has 0 aromatic carbocycles. The third kappa shape index (κ3) is 87.4. The lowest BCUT2D eigenvalue weighted by molar-refractivity contribution is -0.157. The van der Waals surface area contributed by atoms with Crippen LogP contribution in [0.5, 0.6) is 0 Å². The van der Waals surface area contributed by atoms with Crippen LogP contribution in [0.1, 0.15) is 448 Å². The lowest BCUT2D eigenvalue weighted by Crippen LogP contribution is -2.41. The average molecular weight is 1830 g/mol. The molecule has 0 saturated heterocycles. The van der Waals surface area contributed by atoms with Crippen LogP contribution in [0.25, 0.3) is 0 Å². The Morgan fingerprint density at radius 2 is 0.603 bits per heavy atom. The first kappa shape index (κ1) is 123. The molecule has 0 aliphatic carbocycles. The highest BCUT2D eigenvalue weighted by atomic mass is 31.2. The minimum Gasteiger partial charge on any atom is -0.481 e. The first-order valence-corrected chi connectivity index (χ1v) is 53.2. The molecule has 740 valence electrons. The minimum atomic E-state index is -4.19. The molecule has 4 amide bonds. The summed E-state index contributed by atoms with van der Waals surface area (Å²) < 4.78 is 89.6. The number of hydrogen-bond acceptors (Lipinski definition) is 21. The van der Waals surface area contributed by atoms with E-state index in [1.54, 1.807) is 20.8 Å². The van der Waals surface area contributed by atoms with E-state index in [1.165, 1.54) is 198 Å². The first-order chi connectivity index (χ1) is 60.9. The summed E-state index contributed by atoms with van der Waals surface area (Å²) in [5.74, 6) is -3.90. The van der Waals surface area contributed by atoms with Gasteiger partial charge in [0.2, 0.25) is 23.6 Å². The van der Waals surface area contributed by atoms with Crippen molar-refractivity contribution in [3.8, 4) is 0 Å². The number of phosphoric acid groups is 2. The van der Waals surface area contributed by atoms with Crippen LogP contribution < -0.4 is 21.3 Å². The molecular formula is C98H186N4O22P2. The Bertz CT molecular complexity index is 2740. The summed E-state index contributed by atoms with van der Waals surface area (Å²) in [6, 6.07) is -1.38. The zero-order chi connectivity index (χ0) is 93.4. The van der Waals surface area contributed by atoms with Gasteiger partial charge in [-0.05, 0) is 72.1 Å². The molecule has 28 heteroatoms. The van der Waals surface area contributed by atoms with Crippen LogP contribution in [0.2, 0.25) is 0 Å². The number of phosphoric ester groups is 2. The molecule has 5 N–H and O–H groups in total. The molecule has 0 aromatic heterocycles. The molecule has 6 atom stereocenters. The molecule has 0 spiro atoms. The number of carbonyl (C=O) groups is 8. The van der Waals surface area contributed by atoms with Gasteiger partial charge in [0.15, 0.2) is 0 Å². The third-order valence-corrected chi connectivity index (χ3v) is 24.2. The van der Waals surface area contributed by atoms with E-state index < -0.39 is 69.9 Å². The van der Waals surface area contributed by atoms with Crippen molar-refractivity contribution in [1.82, 2.24) is 21.3 Å². The summed E-state index contributed by atoms with van der Waals surface area (Å²) >= 11 is 0. The number of carboxylic acids is 1. The van der Waals surface area contributed by atoms with Gasteiger partial charge in [0.05, 0.1) is 78.2 Å². The van der Waals surface area contributed by atoms with Gasteiger partial charge in [0, 0.05) is 51.6 Å². The monoisotopic (exact) mass is 1830 g/mol. The summed E-state index contributed by atoms with van der Waals surface area (Å²) in [5, 5.41) is 19.7. The highest BCUT2D eigenvalue weighted by molar-refractivity contribution is 7.48. The maximum atomic E-state index is 13.7. The van der Waals surface area contributed by atoms with Crippen molar-refractivity contribution in [2.24, 2.45) is 0 Å². The summed E-state index contributed by atoms with van der Waals surface area (Å²) in [6.45, 7) is 24.8. The number of unbranched alkanes of at least 4 members (excludes halogenated alkanes) is 44. The molecule has 2 unspecified atom stereocenters. The van der Waals surface area contributed by atoms with Crippen LogP contribution in [0.15, 0.2) is 25.3 Å². The van der Waals surface area contributed by atoms with E-state index in [-0.39, 0.29) is 109 Å². The van der Waals surface area contributed by atoms with Gasteiger partial charge in [0.25, 0.3) is 0 Å². The van der Waals surface area contributed by atoms with Gasteiger partial charge in [-0.15, -0.1) is 13.2 Å². The van der Waals surface area contributed by atoms with Crippen LogP contribution in [0.3, 0.4) is 0 Å². The number of ether oxygens (including phenoxy) is 5. The number of esters is 3. The molecule has 0 radical (unpaired) electrons. The van der Waals surface area contributed by atoms with E-state index >= 15 is 0 Å². The second-order valence-electron chi connectivity index (χ2n) is 35.0. The predicted molar refractivity (Wildman–Crippen MR) is 507 cm³/mol. The fourth-order valence-electron chi connectivity index (χ4n) is 14.1. The zero-order valence-electron chi connectivity index (χ0n) is 81.2. The van der Waals surface area contributed by atoms with Crippen LogP contribution >= 0.6 is 15.6 Å². The van der Waals surface area contributed by atoms with E-state index in [0.717, 1.165) is 148 Å². The fourth-order valence-corrected chi connectivity index (χ4v) is 16.5. The fraction of sp³-hybridized carbons (Fsp3) is 0.878. The molecule has 0 bridgehead atoms. The van der Waals surface area contributed by atoms with Gasteiger partial charge in [-0.25, -0.2) is 9.13 Å². The maximum absolute atomic E-state index is 13.7. The summed E-state index contributed by atoms with van der Waals surface area (Å²) in [4.78, 5) is 98.9. The van der Waals surface area contributed by atoms with Crippen molar-refractivity contribution in [1.29, 1.82) is 0 Å². The van der Waals surface area contributed by atoms with Crippen molar-refractivity contribution in [3.63, 3.8) is 0 Å². The second kappa shape index (κ2) is 89.6. The third-order valence-electron chi connectivity index (χ3n) is 21.3. The van der Waals surface area contributed by atoms with Crippen molar-refractivity contribution in [3.05, 3.63) is 25.3 Å². The van der Waals surface area contributed by atoms with Crippen molar-refractivity contribution >= 4 is 63.2 Å². The Balaban J connectivity index is 0. The predicted octanol–water partition coefficient (Wildman–Crippen LogP) is 24.7. The number of carboxylic acid groups (broad SMARTS) is 1. The van der Waals surface area contributed by atoms with Crippen molar-refractivity contribution in [2.45, 2.75) is 477 Å². The molecule has 0 aliphatic heterocycles. The number of carbonyl (C=O) groups excluding carboxylic acids is 7. The number of aliphatic carboxylic acids is 1. The van der Waals surface area contributed by atoms with Gasteiger partial charge >= 0.3 is 39.5 Å². The van der Waals surface area contributed by atoms with Crippen LogP contribution in [-0.4, -0.2) is 162 Å². The Labute approximate surface area is 765 Å². The minimum absolute atomic E-state index is 0.0479. The van der Waals surface area contributed by atoms with Gasteiger partial charge in [-0.3, -0.25) is 65.5 Å². The van der Waals surface area contributed by atoms with E-state index in [9.17, 15) is 47.5 Å². The summed E-state index contributed by atoms with van der Waals surface area (Å²) in [6.07, 6.45) is 63.4. The smallest absolute Gasteiger partial charge is 0.475 e. The molecule has 0 heterocycles. The molecule has 0 aliphatic rings. The van der Waals surface area contributed by atoms with Crippen molar-refractivity contribution < 1.29 is 103 Å². The Morgan fingerprint density at radius 1 is 0.325 bits per heavy atom. The normalized spacial score (nSPS) is 13.4. The first-order valence-electron chi connectivity index (χ1n) is 50.2. The molecule has 0 saturated carbocycles. The number of amides is 4. The molecule has 0 fully saturated rings. The topological polar surface area (TPSA) is 341 Å². The van der Waals surface area contributed by atoms with Crippen LogP contribution in [0, 0.1) is 0 Å². The molecule has 0 rings (SSSR count). The maximum Gasteiger partial charge on any atom is 0.475 e. The molecule has 126 heavy (non-hydrogen) atoms. The summed E-state index contributed by atoms with van der Waals surface area (Å²) in [7, 11) is -8.37. The van der Waals surface area contributed by atoms with Crippen LogP contribution in [0.4, 0.5) is 0 Å². The lowest BCUT2D eigenvalue weighted by Gasteiger charge is -2.23. The molecular weight excluding hydrogens is 1650 g/mol. The number of nitrogens with one attached hydrogen (secondary N) is 4. The van der Waals surface area contributed by atoms with Gasteiger partial charge in [-0.2, -0.15) is 0 Å². The Morgan fingerprint density at radius 3 is 0.889 bits per heavy atom. The Hall–Kier alpha value is -4.62. The lowest BCUT2D eigenvalue weighted by atomic mass is 10.1. The largest absolute Gasteiger partial charge is 0.481 e. The molecule has 26 nitrogen and oxygen atoms in total. The highest BCUT2D eigenvalue weighted by Crippen LogP contribution is 2.50. The van der Waals surface area contributed by atoms with E-state index in [1.807, 2.05) is 0 Å². The highest BCUT2D eigenvalue weighted by Gasteiger charge is 2.31. The van der Waals surface area contributed by atoms with E-state index in [0.29, 0.717) is 45.1 Å². The second-order valence-corrected chi connectivity index (χ2v) is 38.3. The zero-order valence-corrected chi connectivity index (χ0v) is 83.0.